The number of hydrogen-bond acceptors (Lipinski definition) is 35. The van der Waals surface area contributed by atoms with Crippen LogP contribution in [0.1, 0.15) is 0 Å². The first-order valence-corrected chi connectivity index (χ1v) is 25.7. The van der Waals surface area contributed by atoms with Gasteiger partial charge in [0.25, 0.3) is 0 Å². The van der Waals surface area contributed by atoms with E-state index in [9.17, 15) is 102 Å². The van der Waals surface area contributed by atoms with Gasteiger partial charge in [-0.15, -0.1) is 6.58 Å². The predicted molar refractivity (Wildman–Crippen MR) is 242 cm³/mol. The van der Waals surface area contributed by atoms with E-state index in [0.717, 1.165) is 0 Å². The Morgan fingerprint density at radius 1 is 0.250 bits per heavy atom. The maximum Gasteiger partial charge on any atom is 0.187 e. The number of ether oxygens (including phenoxy) is 15. The van der Waals surface area contributed by atoms with Gasteiger partial charge < -0.3 is 173 Å². The number of rotatable bonds is 10. The molecule has 35 heteroatoms. The zero-order valence-corrected chi connectivity index (χ0v) is 42.2. The zero-order chi connectivity index (χ0) is 58.2. The van der Waals surface area contributed by atoms with Crippen LogP contribution < -0.4 is 0 Å². The van der Waals surface area contributed by atoms with Gasteiger partial charge in [0.15, 0.2) is 44.0 Å². The van der Waals surface area contributed by atoms with E-state index in [1.807, 2.05) is 0 Å². The number of fused-ring (bicyclic) bond motifs is 7. The van der Waals surface area contributed by atoms with Gasteiger partial charge in [-0.05, 0) is 0 Å². The monoisotopic (exact) mass is 1170 g/mol. The topological polar surface area (TPSA) is 543 Å². The molecule has 15 aliphatic heterocycles. The summed E-state index contributed by atoms with van der Waals surface area (Å²) in [4.78, 5) is 0. The van der Waals surface area contributed by atoms with Crippen molar-refractivity contribution in [2.75, 3.05) is 52.9 Å². The fourth-order valence-electron chi connectivity index (χ4n) is 10.8. The first-order valence-electron chi connectivity index (χ1n) is 25.7. The fourth-order valence-corrected chi connectivity index (χ4v) is 10.8. The summed E-state index contributed by atoms with van der Waals surface area (Å²) in [6, 6.07) is 0. The number of aliphatic hydroxyl groups excluding tert-OH is 20. The Morgan fingerprint density at radius 3 is 0.613 bits per heavy atom. The Bertz CT molecular complexity index is 1910. The molecule has 15 heterocycles. The van der Waals surface area contributed by atoms with Crippen LogP contribution in [0.4, 0.5) is 0 Å². The van der Waals surface area contributed by atoms with Crippen LogP contribution in [0.2, 0.25) is 0 Å². The maximum absolute atomic E-state index is 11.8. The molecule has 0 radical (unpaired) electrons. The molecule has 14 bridgehead atoms. The number of aliphatic hydroxyl groups is 20. The lowest BCUT2D eigenvalue weighted by Gasteiger charge is -2.50. The van der Waals surface area contributed by atoms with Crippen molar-refractivity contribution < 1.29 is 173 Å². The second kappa shape index (κ2) is 27.8. The summed E-state index contributed by atoms with van der Waals surface area (Å²) in [7, 11) is 0. The highest BCUT2D eigenvalue weighted by Gasteiger charge is 2.60. The van der Waals surface area contributed by atoms with Crippen LogP contribution in [0.15, 0.2) is 12.7 Å². The van der Waals surface area contributed by atoms with E-state index in [4.69, 9.17) is 71.1 Å². The second-order valence-corrected chi connectivity index (χ2v) is 20.2. The molecule has 0 saturated carbocycles. The predicted octanol–water partition coefficient (Wildman–Crippen LogP) is -14.0. The van der Waals surface area contributed by atoms with Gasteiger partial charge in [0.1, 0.15) is 171 Å². The third-order valence-electron chi connectivity index (χ3n) is 15.2. The first-order chi connectivity index (χ1) is 38.2. The second-order valence-electron chi connectivity index (χ2n) is 20.2. The highest BCUT2D eigenvalue weighted by molar-refractivity contribution is 5.02. The summed E-state index contributed by atoms with van der Waals surface area (Å²) < 4.78 is 86.5. The van der Waals surface area contributed by atoms with E-state index in [2.05, 4.69) is 6.58 Å². The van der Waals surface area contributed by atoms with E-state index >= 15 is 0 Å². The van der Waals surface area contributed by atoms with E-state index in [0.29, 0.717) is 0 Å². The van der Waals surface area contributed by atoms with Crippen molar-refractivity contribution in [3.05, 3.63) is 12.7 Å². The van der Waals surface area contributed by atoms with Crippen LogP contribution in [0.25, 0.3) is 0 Å². The van der Waals surface area contributed by atoms with Crippen molar-refractivity contribution in [2.45, 2.75) is 215 Å². The third kappa shape index (κ3) is 12.8. The molecule has 15 fully saturated rings. The van der Waals surface area contributed by atoms with Crippen LogP contribution in [0, 0.1) is 0 Å². The molecule has 0 spiro atoms. The standard InChI is InChI=1S/C45H74O35/c1-2-3-66-38-30(65)37-17(10-52)73-45(38)80-36-16(9-51)72-43(29(64)23(36)58)78-34-14(7-49)70-41(27(62)21(34)56)76-32-12(5-47)68-39(25(60)19(32)54)74-31-11(4-46)67-40(24(59)18(31)53)75-33-13(6-48)69-42(26(61)20(33)55)77-35-15(8-50)71-44(79-37)28(63)22(35)57/h2,11-65H,1,3-10H2/t11-,12-,13-,14-,15-,16-,17-,18-,19+,20-,21+,22-,23+,24-,25+,26-,27+,28-,29+,30+,31-,32-,33-,34-,35-,36-,37-,38-,39-,40-,41-,42-,43-,44-,45-/m1/s1. The third-order valence-corrected chi connectivity index (χ3v) is 15.2. The first kappa shape index (κ1) is 64.3. The normalized spacial score (nSPS) is 53.7. The van der Waals surface area contributed by atoms with Crippen molar-refractivity contribution in [3.63, 3.8) is 0 Å². The molecule has 0 unspecified atom stereocenters. The average molecular weight is 1180 g/mol. The Labute approximate surface area is 453 Å². The average Bonchev–Trinajstić information content (AvgIpc) is 3.54. The Kier molecular flexibility index (Phi) is 22.4. The fraction of sp³-hybridized carbons (Fsp3) is 0.956. The molecule has 0 amide bonds. The van der Waals surface area contributed by atoms with Gasteiger partial charge >= 0.3 is 0 Å². The zero-order valence-electron chi connectivity index (χ0n) is 42.2. The molecule has 0 aromatic heterocycles. The molecule has 15 saturated heterocycles. The van der Waals surface area contributed by atoms with Crippen molar-refractivity contribution in [2.24, 2.45) is 0 Å². The molecular weight excluding hydrogens is 1100 g/mol. The molecule has 35 atom stereocenters. The maximum atomic E-state index is 11.8. The minimum absolute atomic E-state index is 0.345. The van der Waals surface area contributed by atoms with Crippen LogP contribution in [-0.2, 0) is 71.1 Å². The summed E-state index contributed by atoms with van der Waals surface area (Å²) >= 11 is 0. The summed E-state index contributed by atoms with van der Waals surface area (Å²) in [6.07, 6.45) is -67.6. The molecule has 15 rings (SSSR count). The van der Waals surface area contributed by atoms with Crippen molar-refractivity contribution in [1.29, 1.82) is 0 Å². The highest BCUT2D eigenvalue weighted by atomic mass is 16.8. The van der Waals surface area contributed by atoms with Gasteiger partial charge in [-0.1, -0.05) is 6.08 Å². The van der Waals surface area contributed by atoms with E-state index in [-0.39, 0.29) is 6.61 Å². The smallest absolute Gasteiger partial charge is 0.187 e. The van der Waals surface area contributed by atoms with E-state index < -0.39 is 261 Å². The molecular formula is C45H74O35. The lowest BCUT2D eigenvalue weighted by atomic mass is 9.95. The van der Waals surface area contributed by atoms with Gasteiger partial charge in [-0.3, -0.25) is 0 Å². The van der Waals surface area contributed by atoms with Crippen LogP contribution in [-0.4, -0.2) is 370 Å². The lowest BCUT2D eigenvalue weighted by Crippen LogP contribution is -2.68. The minimum atomic E-state index is -2.21. The van der Waals surface area contributed by atoms with E-state index in [1.165, 1.54) is 6.08 Å². The quantitative estimate of drug-likeness (QED) is 0.0903. The van der Waals surface area contributed by atoms with Crippen molar-refractivity contribution in [1.82, 2.24) is 0 Å². The van der Waals surface area contributed by atoms with Gasteiger partial charge in [0, 0.05) is 0 Å². The summed E-state index contributed by atoms with van der Waals surface area (Å²) in [6.45, 7) is -4.00. The summed E-state index contributed by atoms with van der Waals surface area (Å²) in [5.41, 5.74) is 0. The van der Waals surface area contributed by atoms with Crippen LogP contribution in [0.3, 0.4) is 0 Å². The summed E-state index contributed by atoms with van der Waals surface area (Å²) in [5, 5.41) is 221. The Hall–Kier alpha value is -1.66. The van der Waals surface area contributed by atoms with Gasteiger partial charge in [-0.25, -0.2) is 0 Å². The minimum Gasteiger partial charge on any atom is -0.394 e. The summed E-state index contributed by atoms with van der Waals surface area (Å²) in [5.74, 6) is 0. The van der Waals surface area contributed by atoms with Crippen LogP contribution in [0.5, 0.6) is 0 Å². The molecule has 0 aromatic carbocycles. The molecule has 20 N–H and O–H groups in total. The van der Waals surface area contributed by atoms with Gasteiger partial charge in [-0.2, -0.15) is 0 Å². The Morgan fingerprint density at radius 2 is 0.425 bits per heavy atom. The SMILES string of the molecule is C=CCO[C@H]1[C@H]2O[C@H]3[C@@H](O)[C@H](O)[C@@H](O[C@H]4[C@@H](O)[C@H](O)[C@@H](O[C@H]5[C@@H](O)[C@H](O)[C@@H](O[C@H]6[C@H](O)[C@@H](O)[C@@H](O[C@H]7[C@H](O)[C@@H](O)[C@@H](O[C@H]8[C@H](O)[C@@H](O)[C@@H](O[C@@H]([C@@H]1O)[C@@H](CO)O2)O[C@@H]8CO)O[C@@H]7CO)O[C@@H]6CO)O[C@@H]5CO)O[C@@H]4CO)O[C@@H]3CO. The largest absolute Gasteiger partial charge is 0.394 e. The van der Waals surface area contributed by atoms with Crippen molar-refractivity contribution in [3.8, 4) is 0 Å². The Balaban J connectivity index is 1.10. The lowest BCUT2D eigenvalue weighted by molar-refractivity contribution is -0.398. The molecule has 35 nitrogen and oxygen atoms in total. The van der Waals surface area contributed by atoms with Gasteiger partial charge in [0.2, 0.25) is 0 Å². The van der Waals surface area contributed by atoms with E-state index in [1.54, 1.807) is 0 Å². The molecule has 0 aromatic rings. The molecule has 15 aliphatic rings. The highest BCUT2D eigenvalue weighted by Crippen LogP contribution is 2.39. The number of hydrogen-bond donors (Lipinski definition) is 20. The molecule has 0 aliphatic carbocycles. The van der Waals surface area contributed by atoms with Crippen molar-refractivity contribution >= 4 is 0 Å². The van der Waals surface area contributed by atoms with Gasteiger partial charge in [0.05, 0.1) is 52.9 Å². The molecule has 80 heavy (non-hydrogen) atoms. The molecule has 464 valence electrons. The van der Waals surface area contributed by atoms with Crippen LogP contribution >= 0.6 is 0 Å².